The SMILES string of the molecule is CC(C)(C)OC(=O)Nc1ccc(-c2ncc(CNC(=O)c3ccc4c(c3)NC(=O)c3ccccc3S4)s2)nc1. The maximum Gasteiger partial charge on any atom is 0.412 e. The van der Waals surface area contributed by atoms with E-state index in [-0.39, 0.29) is 11.8 Å². The van der Waals surface area contributed by atoms with Crippen molar-refractivity contribution in [2.24, 2.45) is 0 Å². The summed E-state index contributed by atoms with van der Waals surface area (Å²) in [5.74, 6) is -0.460. The first kappa shape index (κ1) is 26.4. The minimum absolute atomic E-state index is 0.200. The number of rotatable bonds is 5. The lowest BCUT2D eigenvalue weighted by molar-refractivity contribution is 0.0635. The molecule has 0 fully saturated rings. The number of aromatic nitrogens is 2. The van der Waals surface area contributed by atoms with Gasteiger partial charge in [0.2, 0.25) is 0 Å². The zero-order valence-corrected chi connectivity index (χ0v) is 23.0. The van der Waals surface area contributed by atoms with Gasteiger partial charge >= 0.3 is 6.09 Å². The number of amides is 3. The van der Waals surface area contributed by atoms with Crippen LogP contribution in [0, 0.1) is 0 Å². The van der Waals surface area contributed by atoms with Crippen molar-refractivity contribution < 1.29 is 19.1 Å². The Morgan fingerprint density at radius 1 is 1.00 bits per heavy atom. The summed E-state index contributed by atoms with van der Waals surface area (Å²) in [6, 6.07) is 16.2. The van der Waals surface area contributed by atoms with E-state index in [4.69, 9.17) is 4.74 Å². The molecule has 3 amide bonds. The second kappa shape index (κ2) is 10.9. The van der Waals surface area contributed by atoms with Crippen molar-refractivity contribution in [1.29, 1.82) is 0 Å². The van der Waals surface area contributed by atoms with E-state index < -0.39 is 11.7 Å². The molecule has 0 atom stereocenters. The minimum Gasteiger partial charge on any atom is -0.444 e. The van der Waals surface area contributed by atoms with Gasteiger partial charge in [0.05, 0.1) is 35.4 Å². The molecule has 1 aliphatic rings. The molecule has 9 nitrogen and oxygen atoms in total. The van der Waals surface area contributed by atoms with Gasteiger partial charge in [-0.05, 0) is 63.2 Å². The van der Waals surface area contributed by atoms with Crippen molar-refractivity contribution >= 4 is 52.4 Å². The minimum atomic E-state index is -0.592. The fraction of sp³-hybridized carbons (Fsp3) is 0.179. The Bertz CT molecular complexity index is 1560. The van der Waals surface area contributed by atoms with Crippen molar-refractivity contribution in [3.05, 3.63) is 83.0 Å². The van der Waals surface area contributed by atoms with Crippen LogP contribution in [0.1, 0.15) is 46.4 Å². The maximum atomic E-state index is 12.9. The quantitative estimate of drug-likeness (QED) is 0.266. The normalized spacial score (nSPS) is 12.4. The molecule has 2 aromatic carbocycles. The molecule has 4 aromatic rings. The van der Waals surface area contributed by atoms with Crippen LogP contribution < -0.4 is 16.0 Å². The molecular weight excluding hydrogens is 534 g/mol. The monoisotopic (exact) mass is 559 g/mol. The first-order chi connectivity index (χ1) is 18.6. The third-order valence-electron chi connectivity index (χ3n) is 5.45. The van der Waals surface area contributed by atoms with Gasteiger partial charge in [-0.15, -0.1) is 11.3 Å². The van der Waals surface area contributed by atoms with Gasteiger partial charge in [-0.1, -0.05) is 23.9 Å². The van der Waals surface area contributed by atoms with Gasteiger partial charge in [0.15, 0.2) is 0 Å². The van der Waals surface area contributed by atoms with Gasteiger partial charge in [-0.2, -0.15) is 0 Å². The van der Waals surface area contributed by atoms with Crippen LogP contribution >= 0.6 is 23.1 Å². The van der Waals surface area contributed by atoms with Crippen molar-refractivity contribution in [3.63, 3.8) is 0 Å². The van der Waals surface area contributed by atoms with Crippen molar-refractivity contribution in [1.82, 2.24) is 15.3 Å². The van der Waals surface area contributed by atoms with Gasteiger partial charge < -0.3 is 15.4 Å². The molecule has 198 valence electrons. The zero-order valence-electron chi connectivity index (χ0n) is 21.4. The lowest BCUT2D eigenvalue weighted by Gasteiger charge is -2.19. The average molecular weight is 560 g/mol. The first-order valence-electron chi connectivity index (χ1n) is 12.1. The third kappa shape index (κ3) is 6.44. The Morgan fingerprint density at radius 2 is 1.82 bits per heavy atom. The van der Waals surface area contributed by atoms with Gasteiger partial charge in [-0.3, -0.25) is 19.9 Å². The van der Waals surface area contributed by atoms with E-state index in [1.807, 2.05) is 24.3 Å². The van der Waals surface area contributed by atoms with Crippen molar-refractivity contribution in [2.75, 3.05) is 10.6 Å². The molecule has 0 saturated heterocycles. The standard InChI is InChI=1S/C28H25N5O4S2/c1-28(2,3)37-27(36)32-17-9-10-20(29-13-17)26-31-15-18(38-26)14-30-24(34)16-8-11-23-21(12-16)33-25(35)19-6-4-5-7-22(19)39-23/h4-13,15H,14H2,1-3H3,(H,30,34)(H,32,36)(H,33,35). The fourth-order valence-electron chi connectivity index (χ4n) is 3.70. The molecule has 0 unspecified atom stereocenters. The Hall–Kier alpha value is -4.22. The number of ether oxygens (including phenoxy) is 1. The van der Waals surface area contributed by atoms with E-state index in [1.54, 1.807) is 57.3 Å². The lowest BCUT2D eigenvalue weighted by atomic mass is 10.1. The van der Waals surface area contributed by atoms with Gasteiger partial charge in [0, 0.05) is 26.4 Å². The van der Waals surface area contributed by atoms with E-state index >= 15 is 0 Å². The smallest absolute Gasteiger partial charge is 0.412 e. The van der Waals surface area contributed by atoms with Gasteiger partial charge in [0.1, 0.15) is 10.6 Å². The molecule has 0 saturated carbocycles. The molecule has 3 heterocycles. The zero-order chi connectivity index (χ0) is 27.6. The summed E-state index contributed by atoms with van der Waals surface area (Å²) in [5.41, 5.74) is 2.22. The molecule has 39 heavy (non-hydrogen) atoms. The largest absolute Gasteiger partial charge is 0.444 e. The molecule has 5 rings (SSSR count). The lowest BCUT2D eigenvalue weighted by Crippen LogP contribution is -2.27. The van der Waals surface area contributed by atoms with Crippen LogP contribution in [0.15, 0.2) is 76.8 Å². The molecular formula is C28H25N5O4S2. The first-order valence-corrected chi connectivity index (χ1v) is 13.7. The highest BCUT2D eigenvalue weighted by Gasteiger charge is 2.21. The Kier molecular flexibility index (Phi) is 7.36. The molecule has 0 radical (unpaired) electrons. The topological polar surface area (TPSA) is 122 Å². The number of hydrogen-bond acceptors (Lipinski definition) is 8. The van der Waals surface area contributed by atoms with E-state index in [0.717, 1.165) is 14.7 Å². The molecule has 0 spiro atoms. The molecule has 0 bridgehead atoms. The number of carbonyl (C=O) groups excluding carboxylic acids is 3. The van der Waals surface area contributed by atoms with Crippen LogP contribution in [0.2, 0.25) is 0 Å². The summed E-state index contributed by atoms with van der Waals surface area (Å²) < 4.78 is 5.25. The second-order valence-corrected chi connectivity index (χ2v) is 11.8. The van der Waals surface area contributed by atoms with Crippen LogP contribution in [0.25, 0.3) is 10.7 Å². The predicted octanol–water partition coefficient (Wildman–Crippen LogP) is 6.20. The number of carbonyl (C=O) groups is 3. The number of fused-ring (bicyclic) bond motifs is 2. The van der Waals surface area contributed by atoms with Gasteiger partial charge in [0.25, 0.3) is 11.8 Å². The Balaban J connectivity index is 1.20. The summed E-state index contributed by atoms with van der Waals surface area (Å²) in [6.45, 7) is 5.67. The summed E-state index contributed by atoms with van der Waals surface area (Å²) in [7, 11) is 0. The highest BCUT2D eigenvalue weighted by atomic mass is 32.2. The molecule has 1 aliphatic heterocycles. The Morgan fingerprint density at radius 3 is 2.59 bits per heavy atom. The van der Waals surface area contributed by atoms with E-state index in [1.165, 1.54) is 29.3 Å². The molecule has 0 aliphatic carbocycles. The highest BCUT2D eigenvalue weighted by molar-refractivity contribution is 7.99. The molecule has 3 N–H and O–H groups in total. The van der Waals surface area contributed by atoms with E-state index in [2.05, 4.69) is 25.9 Å². The average Bonchev–Trinajstić information content (AvgIpc) is 3.31. The number of benzene rings is 2. The van der Waals surface area contributed by atoms with Crippen LogP contribution in [0.3, 0.4) is 0 Å². The van der Waals surface area contributed by atoms with E-state index in [0.29, 0.717) is 39.7 Å². The number of thiazole rings is 1. The highest BCUT2D eigenvalue weighted by Crippen LogP contribution is 2.39. The van der Waals surface area contributed by atoms with Crippen molar-refractivity contribution in [2.45, 2.75) is 42.7 Å². The molecule has 2 aromatic heterocycles. The summed E-state index contributed by atoms with van der Waals surface area (Å²) in [6.07, 6.45) is 2.68. The van der Waals surface area contributed by atoms with E-state index in [9.17, 15) is 14.4 Å². The number of pyridine rings is 1. The van der Waals surface area contributed by atoms with Crippen LogP contribution in [0.5, 0.6) is 0 Å². The number of nitrogens with zero attached hydrogens (tertiary/aromatic N) is 2. The number of hydrogen-bond donors (Lipinski definition) is 3. The summed E-state index contributed by atoms with van der Waals surface area (Å²) in [5, 5.41) is 9.15. The Labute approximate surface area is 233 Å². The predicted molar refractivity (Wildman–Crippen MR) is 151 cm³/mol. The second-order valence-electron chi connectivity index (χ2n) is 9.64. The van der Waals surface area contributed by atoms with Crippen LogP contribution in [-0.4, -0.2) is 33.5 Å². The fourth-order valence-corrected chi connectivity index (χ4v) is 5.54. The maximum absolute atomic E-state index is 12.9. The summed E-state index contributed by atoms with van der Waals surface area (Å²) >= 11 is 2.90. The van der Waals surface area contributed by atoms with Crippen LogP contribution in [-0.2, 0) is 11.3 Å². The number of anilines is 2. The summed E-state index contributed by atoms with van der Waals surface area (Å²) in [4.78, 5) is 48.8. The van der Waals surface area contributed by atoms with Crippen LogP contribution in [0.4, 0.5) is 16.2 Å². The van der Waals surface area contributed by atoms with Crippen molar-refractivity contribution in [3.8, 4) is 10.7 Å². The third-order valence-corrected chi connectivity index (χ3v) is 7.62. The molecule has 11 heteroatoms. The number of nitrogens with one attached hydrogen (secondary N) is 3. The van der Waals surface area contributed by atoms with Gasteiger partial charge in [-0.25, -0.2) is 9.78 Å².